The monoisotopic (exact) mass is 204 g/mol. The summed E-state index contributed by atoms with van der Waals surface area (Å²) in [5.74, 6) is 0.454. The third kappa shape index (κ3) is 2.92. The Morgan fingerprint density at radius 2 is 1.60 bits per heavy atom. The molecule has 0 fully saturated rings. The summed E-state index contributed by atoms with van der Waals surface area (Å²) in [4.78, 5) is 11.7. The lowest BCUT2D eigenvalue weighted by Gasteiger charge is -2.11. The lowest BCUT2D eigenvalue weighted by Crippen LogP contribution is -2.12. The van der Waals surface area contributed by atoms with Crippen molar-refractivity contribution in [2.45, 2.75) is 41.0 Å². The highest BCUT2D eigenvalue weighted by Crippen LogP contribution is 2.18. The minimum atomic E-state index is 0.130. The average molecular weight is 204 g/mol. The smallest absolute Gasteiger partial charge is 0.139 e. The summed E-state index contributed by atoms with van der Waals surface area (Å²) in [6.45, 7) is 10.2. The van der Waals surface area contributed by atoms with Crippen LogP contribution in [0.2, 0.25) is 0 Å². The maximum atomic E-state index is 11.7. The average Bonchev–Trinajstić information content (AvgIpc) is 2.10. The van der Waals surface area contributed by atoms with Gasteiger partial charge in [-0.3, -0.25) is 4.79 Å². The molecule has 0 atom stereocenters. The molecule has 1 nitrogen and oxygen atoms in total. The molecule has 0 amide bonds. The molecule has 0 unspecified atom stereocenters. The van der Waals surface area contributed by atoms with E-state index >= 15 is 0 Å². The summed E-state index contributed by atoms with van der Waals surface area (Å²) in [7, 11) is 0. The van der Waals surface area contributed by atoms with E-state index in [2.05, 4.69) is 32.9 Å². The molecule has 1 aromatic carbocycles. The van der Waals surface area contributed by atoms with Crippen molar-refractivity contribution < 1.29 is 4.79 Å². The van der Waals surface area contributed by atoms with E-state index in [0.717, 1.165) is 0 Å². The predicted molar refractivity (Wildman–Crippen MR) is 64.2 cm³/mol. The molecule has 0 aliphatic rings. The van der Waals surface area contributed by atoms with Crippen molar-refractivity contribution in [1.82, 2.24) is 0 Å². The lowest BCUT2D eigenvalue weighted by molar-refractivity contribution is -0.121. The van der Waals surface area contributed by atoms with Crippen LogP contribution in [0.15, 0.2) is 12.1 Å². The highest BCUT2D eigenvalue weighted by molar-refractivity contribution is 5.83. The quantitative estimate of drug-likeness (QED) is 0.737. The SMILES string of the molecule is Cc1cc(C)c(CC(=O)C(C)C)c(C)c1. The molecular weight excluding hydrogens is 184 g/mol. The summed E-state index contributed by atoms with van der Waals surface area (Å²) < 4.78 is 0. The van der Waals surface area contributed by atoms with Gasteiger partial charge in [-0.15, -0.1) is 0 Å². The van der Waals surface area contributed by atoms with Crippen LogP contribution in [-0.2, 0) is 11.2 Å². The second kappa shape index (κ2) is 4.61. The Bertz CT molecular complexity index is 352. The van der Waals surface area contributed by atoms with Crippen LogP contribution in [-0.4, -0.2) is 5.78 Å². The highest BCUT2D eigenvalue weighted by atomic mass is 16.1. The molecule has 0 radical (unpaired) electrons. The van der Waals surface area contributed by atoms with E-state index in [9.17, 15) is 4.79 Å². The van der Waals surface area contributed by atoms with E-state index < -0.39 is 0 Å². The van der Waals surface area contributed by atoms with E-state index in [-0.39, 0.29) is 5.92 Å². The molecule has 0 aliphatic carbocycles. The topological polar surface area (TPSA) is 17.1 Å². The molecule has 0 aromatic heterocycles. The maximum absolute atomic E-state index is 11.7. The van der Waals surface area contributed by atoms with Crippen LogP contribution in [0.5, 0.6) is 0 Å². The molecule has 0 saturated heterocycles. The first-order valence-corrected chi connectivity index (χ1v) is 5.51. The van der Waals surface area contributed by atoms with Crippen molar-refractivity contribution in [2.24, 2.45) is 5.92 Å². The summed E-state index contributed by atoms with van der Waals surface area (Å²) in [5, 5.41) is 0. The number of benzene rings is 1. The molecule has 0 heterocycles. The summed E-state index contributed by atoms with van der Waals surface area (Å²) in [6.07, 6.45) is 0.579. The Labute approximate surface area is 92.5 Å². The van der Waals surface area contributed by atoms with Crippen molar-refractivity contribution in [3.63, 3.8) is 0 Å². The van der Waals surface area contributed by atoms with Gasteiger partial charge < -0.3 is 0 Å². The van der Waals surface area contributed by atoms with Crippen LogP contribution in [0.3, 0.4) is 0 Å². The molecule has 1 aromatic rings. The van der Waals surface area contributed by atoms with Crippen LogP contribution in [0.4, 0.5) is 0 Å². The third-order valence-corrected chi connectivity index (χ3v) is 2.84. The van der Waals surface area contributed by atoms with Crippen LogP contribution in [0.25, 0.3) is 0 Å². The van der Waals surface area contributed by atoms with E-state index in [0.29, 0.717) is 12.2 Å². The van der Waals surface area contributed by atoms with Gasteiger partial charge in [-0.1, -0.05) is 31.5 Å². The molecule has 1 rings (SSSR count). The van der Waals surface area contributed by atoms with E-state index in [1.807, 2.05) is 13.8 Å². The Hall–Kier alpha value is -1.11. The fourth-order valence-electron chi connectivity index (χ4n) is 1.87. The number of hydrogen-bond acceptors (Lipinski definition) is 1. The van der Waals surface area contributed by atoms with Crippen LogP contribution in [0, 0.1) is 26.7 Å². The lowest BCUT2D eigenvalue weighted by atomic mass is 9.93. The summed E-state index contributed by atoms with van der Waals surface area (Å²) in [5.41, 5.74) is 4.95. The van der Waals surface area contributed by atoms with Gasteiger partial charge in [0, 0.05) is 12.3 Å². The maximum Gasteiger partial charge on any atom is 0.139 e. The first-order chi connectivity index (χ1) is 6.91. The van der Waals surface area contributed by atoms with Gasteiger partial charge in [0.2, 0.25) is 0 Å². The summed E-state index contributed by atoms with van der Waals surface area (Å²) in [6, 6.07) is 4.30. The minimum absolute atomic E-state index is 0.130. The third-order valence-electron chi connectivity index (χ3n) is 2.84. The van der Waals surface area contributed by atoms with Gasteiger partial charge in [-0.25, -0.2) is 0 Å². The standard InChI is InChI=1S/C14H20O/c1-9(2)14(15)8-13-11(4)6-10(3)7-12(13)5/h6-7,9H,8H2,1-5H3. The van der Waals surface area contributed by atoms with Crippen molar-refractivity contribution in [3.05, 3.63) is 34.4 Å². The second-order valence-corrected chi connectivity index (χ2v) is 4.68. The van der Waals surface area contributed by atoms with Gasteiger partial charge >= 0.3 is 0 Å². The van der Waals surface area contributed by atoms with Crippen molar-refractivity contribution in [2.75, 3.05) is 0 Å². The first kappa shape index (κ1) is 12.0. The number of carbonyl (C=O) groups excluding carboxylic acids is 1. The van der Waals surface area contributed by atoms with Crippen LogP contribution in [0.1, 0.15) is 36.1 Å². The van der Waals surface area contributed by atoms with Gasteiger partial charge in [0.25, 0.3) is 0 Å². The molecule has 0 bridgehead atoms. The molecule has 1 heteroatoms. The molecule has 0 spiro atoms. The van der Waals surface area contributed by atoms with E-state index in [1.165, 1.54) is 22.3 Å². The zero-order valence-electron chi connectivity index (χ0n) is 10.3. The number of Topliss-reactive ketones (excluding diaryl/α,β-unsaturated/α-hetero) is 1. The minimum Gasteiger partial charge on any atom is -0.299 e. The van der Waals surface area contributed by atoms with Gasteiger partial charge in [0.15, 0.2) is 0 Å². The van der Waals surface area contributed by atoms with Crippen molar-refractivity contribution in [1.29, 1.82) is 0 Å². The summed E-state index contributed by atoms with van der Waals surface area (Å²) >= 11 is 0. The molecule has 0 saturated carbocycles. The zero-order valence-corrected chi connectivity index (χ0v) is 10.3. The molecule has 15 heavy (non-hydrogen) atoms. The molecule has 82 valence electrons. The number of rotatable bonds is 3. The normalized spacial score (nSPS) is 10.8. The molecular formula is C14H20O. The highest BCUT2D eigenvalue weighted by Gasteiger charge is 2.12. The van der Waals surface area contributed by atoms with Crippen LogP contribution >= 0.6 is 0 Å². The van der Waals surface area contributed by atoms with Crippen LogP contribution < -0.4 is 0 Å². The first-order valence-electron chi connectivity index (χ1n) is 5.51. The number of carbonyl (C=O) groups is 1. The van der Waals surface area contributed by atoms with Gasteiger partial charge in [-0.05, 0) is 37.5 Å². The Morgan fingerprint density at radius 1 is 1.13 bits per heavy atom. The molecule has 0 aliphatic heterocycles. The Kier molecular flexibility index (Phi) is 3.67. The fourth-order valence-corrected chi connectivity index (χ4v) is 1.87. The van der Waals surface area contributed by atoms with Gasteiger partial charge in [-0.2, -0.15) is 0 Å². The van der Waals surface area contributed by atoms with Crippen molar-refractivity contribution >= 4 is 5.78 Å². The Balaban J connectivity index is 3.00. The zero-order chi connectivity index (χ0) is 11.6. The largest absolute Gasteiger partial charge is 0.299 e. The Morgan fingerprint density at radius 3 is 2.00 bits per heavy atom. The fraction of sp³-hybridized carbons (Fsp3) is 0.500. The van der Waals surface area contributed by atoms with Gasteiger partial charge in [0.05, 0.1) is 0 Å². The second-order valence-electron chi connectivity index (χ2n) is 4.68. The predicted octanol–water partition coefficient (Wildman–Crippen LogP) is 3.38. The number of ketones is 1. The van der Waals surface area contributed by atoms with E-state index in [4.69, 9.17) is 0 Å². The van der Waals surface area contributed by atoms with Gasteiger partial charge in [0.1, 0.15) is 5.78 Å². The van der Waals surface area contributed by atoms with Crippen molar-refractivity contribution in [3.8, 4) is 0 Å². The van der Waals surface area contributed by atoms with E-state index in [1.54, 1.807) is 0 Å². The number of hydrogen-bond donors (Lipinski definition) is 0. The molecule has 0 N–H and O–H groups in total. The number of aryl methyl sites for hydroxylation is 3.